The quantitative estimate of drug-likeness (QED) is 0.820. The van der Waals surface area contributed by atoms with Crippen LogP contribution in [0.25, 0.3) is 0 Å². The summed E-state index contributed by atoms with van der Waals surface area (Å²) in [6.07, 6.45) is 5.01. The fraction of sp³-hybridized carbons (Fsp3) is 0.550. The highest BCUT2D eigenvalue weighted by atomic mass is 32.2. The standard InChI is InChI=1S/C20H27NO4S/c1-14(22)26-13-17-12-16-9-6-8-15(11-16)7-4-3-5-10-18(20(24)25-2)21-19(17)23/h6,8-9,11,17-18H,3-5,7,10,12-13H2,1-2H3,(H,21,23)/t17-,18-/m0/s1. The average Bonchev–Trinajstić information content (AvgIpc) is 2.63. The van der Waals surface area contributed by atoms with Gasteiger partial charge in [-0.05, 0) is 36.8 Å². The van der Waals surface area contributed by atoms with E-state index in [9.17, 15) is 14.4 Å². The lowest BCUT2D eigenvalue weighted by molar-refractivity contribution is -0.145. The molecule has 0 fully saturated rings. The number of fused-ring (bicyclic) bond motifs is 2. The van der Waals surface area contributed by atoms with Gasteiger partial charge in [0.15, 0.2) is 5.12 Å². The molecule has 0 spiro atoms. The van der Waals surface area contributed by atoms with E-state index in [2.05, 4.69) is 17.4 Å². The first-order chi connectivity index (χ1) is 12.5. The van der Waals surface area contributed by atoms with Crippen molar-refractivity contribution in [3.05, 3.63) is 35.4 Å². The van der Waals surface area contributed by atoms with Crippen LogP contribution in [0.1, 0.15) is 43.7 Å². The molecule has 26 heavy (non-hydrogen) atoms. The van der Waals surface area contributed by atoms with E-state index >= 15 is 0 Å². The molecule has 5 nitrogen and oxygen atoms in total. The number of nitrogens with one attached hydrogen (secondary N) is 1. The van der Waals surface area contributed by atoms with E-state index in [-0.39, 0.29) is 16.9 Å². The van der Waals surface area contributed by atoms with Gasteiger partial charge in [-0.25, -0.2) is 4.79 Å². The number of rotatable bonds is 3. The summed E-state index contributed by atoms with van der Waals surface area (Å²) in [5.74, 6) is -0.572. The Morgan fingerprint density at radius 2 is 2.00 bits per heavy atom. The van der Waals surface area contributed by atoms with Crippen molar-refractivity contribution in [2.75, 3.05) is 12.9 Å². The second kappa shape index (κ2) is 10.4. The predicted octanol–water partition coefficient (Wildman–Crippen LogP) is 2.90. The summed E-state index contributed by atoms with van der Waals surface area (Å²) in [5.41, 5.74) is 2.35. The third-order valence-corrected chi connectivity index (χ3v) is 5.57. The van der Waals surface area contributed by atoms with Gasteiger partial charge in [0.1, 0.15) is 6.04 Å². The molecule has 0 aromatic heterocycles. The Morgan fingerprint density at radius 1 is 1.23 bits per heavy atom. The molecule has 1 aromatic carbocycles. The summed E-state index contributed by atoms with van der Waals surface area (Å²) in [7, 11) is 1.34. The largest absolute Gasteiger partial charge is 0.467 e. The fourth-order valence-corrected chi connectivity index (χ4v) is 3.88. The van der Waals surface area contributed by atoms with Gasteiger partial charge in [-0.3, -0.25) is 9.59 Å². The number of methoxy groups -OCH3 is 1. The number of hydrogen-bond acceptors (Lipinski definition) is 5. The number of esters is 1. The maximum Gasteiger partial charge on any atom is 0.328 e. The van der Waals surface area contributed by atoms with Crippen LogP contribution < -0.4 is 5.32 Å². The van der Waals surface area contributed by atoms with Gasteiger partial charge in [-0.15, -0.1) is 0 Å². The SMILES string of the molecule is COC(=O)[C@@H]1CCCCCc2cccc(c2)C[C@@H](CSC(C)=O)C(=O)N1. The summed E-state index contributed by atoms with van der Waals surface area (Å²) < 4.78 is 4.85. The Hall–Kier alpha value is -1.82. The van der Waals surface area contributed by atoms with E-state index in [1.54, 1.807) is 0 Å². The van der Waals surface area contributed by atoms with Gasteiger partial charge >= 0.3 is 5.97 Å². The van der Waals surface area contributed by atoms with Crippen LogP contribution in [0, 0.1) is 5.92 Å². The third-order valence-electron chi connectivity index (χ3n) is 4.59. The van der Waals surface area contributed by atoms with Gasteiger partial charge in [0.05, 0.1) is 13.0 Å². The maximum absolute atomic E-state index is 12.8. The molecule has 2 atom stereocenters. The molecular weight excluding hydrogens is 350 g/mol. The van der Waals surface area contributed by atoms with Crippen molar-refractivity contribution in [3.63, 3.8) is 0 Å². The molecule has 0 aliphatic carbocycles. The molecule has 1 heterocycles. The van der Waals surface area contributed by atoms with Crippen LogP contribution in [-0.2, 0) is 32.0 Å². The van der Waals surface area contributed by atoms with Crippen LogP contribution in [0.3, 0.4) is 0 Å². The van der Waals surface area contributed by atoms with Crippen molar-refractivity contribution in [2.24, 2.45) is 5.92 Å². The Bertz CT molecular complexity index is 646. The first-order valence-electron chi connectivity index (χ1n) is 9.09. The number of amides is 1. The van der Waals surface area contributed by atoms with Crippen molar-refractivity contribution in [1.29, 1.82) is 0 Å². The number of carbonyl (C=O) groups is 3. The zero-order chi connectivity index (χ0) is 18.9. The third kappa shape index (κ3) is 6.48. The van der Waals surface area contributed by atoms with Crippen LogP contribution in [0.4, 0.5) is 0 Å². The molecule has 1 aliphatic heterocycles. The molecule has 142 valence electrons. The van der Waals surface area contributed by atoms with Crippen LogP contribution >= 0.6 is 11.8 Å². The van der Waals surface area contributed by atoms with Crippen molar-refractivity contribution >= 4 is 28.8 Å². The highest BCUT2D eigenvalue weighted by Crippen LogP contribution is 2.19. The summed E-state index contributed by atoms with van der Waals surface area (Å²) >= 11 is 1.15. The van der Waals surface area contributed by atoms with Gasteiger partial charge in [-0.2, -0.15) is 0 Å². The minimum Gasteiger partial charge on any atom is -0.467 e. The molecule has 2 rings (SSSR count). The number of aryl methyl sites for hydroxylation is 1. The van der Waals surface area contributed by atoms with E-state index in [1.165, 1.54) is 19.6 Å². The van der Waals surface area contributed by atoms with Crippen LogP contribution in [0.5, 0.6) is 0 Å². The second-order valence-electron chi connectivity index (χ2n) is 6.71. The number of benzene rings is 1. The smallest absolute Gasteiger partial charge is 0.328 e. The lowest BCUT2D eigenvalue weighted by Crippen LogP contribution is -2.45. The molecule has 1 aliphatic rings. The van der Waals surface area contributed by atoms with Gasteiger partial charge in [0, 0.05) is 12.7 Å². The molecule has 1 amide bonds. The predicted molar refractivity (Wildman–Crippen MR) is 103 cm³/mol. The number of carbonyl (C=O) groups excluding carboxylic acids is 3. The molecule has 1 aromatic rings. The Morgan fingerprint density at radius 3 is 2.73 bits per heavy atom. The Labute approximate surface area is 159 Å². The van der Waals surface area contributed by atoms with Crippen LogP contribution in [0.15, 0.2) is 24.3 Å². The molecule has 2 bridgehead atoms. The van der Waals surface area contributed by atoms with Gasteiger partial charge in [-0.1, -0.05) is 48.9 Å². The number of thioether (sulfide) groups is 1. The van der Waals surface area contributed by atoms with E-state index in [4.69, 9.17) is 4.74 Å². The minimum atomic E-state index is -0.624. The summed E-state index contributed by atoms with van der Waals surface area (Å²) in [6, 6.07) is 7.67. The zero-order valence-corrected chi connectivity index (χ0v) is 16.3. The summed E-state index contributed by atoms with van der Waals surface area (Å²) in [6.45, 7) is 1.50. The highest BCUT2D eigenvalue weighted by molar-refractivity contribution is 8.13. The minimum absolute atomic E-state index is 0.0148. The molecular formula is C20H27NO4S. The maximum atomic E-state index is 12.8. The number of ether oxygens (including phenoxy) is 1. The van der Waals surface area contributed by atoms with Crippen molar-refractivity contribution in [3.8, 4) is 0 Å². The summed E-state index contributed by atoms with van der Waals surface area (Å²) in [4.78, 5) is 36.2. The van der Waals surface area contributed by atoms with Gasteiger partial charge < -0.3 is 10.1 Å². The van der Waals surface area contributed by atoms with E-state index in [1.807, 2.05) is 12.1 Å². The van der Waals surface area contributed by atoms with E-state index in [0.717, 1.165) is 43.0 Å². The second-order valence-corrected chi connectivity index (χ2v) is 7.90. The van der Waals surface area contributed by atoms with E-state index < -0.39 is 12.0 Å². The first-order valence-corrected chi connectivity index (χ1v) is 10.1. The fourth-order valence-electron chi connectivity index (χ4n) is 3.18. The van der Waals surface area contributed by atoms with Gasteiger partial charge in [0.25, 0.3) is 0 Å². The molecule has 6 heteroatoms. The topological polar surface area (TPSA) is 72.5 Å². The lowest BCUT2D eigenvalue weighted by Gasteiger charge is -2.21. The van der Waals surface area contributed by atoms with Crippen LogP contribution in [0.2, 0.25) is 0 Å². The van der Waals surface area contributed by atoms with Gasteiger partial charge in [0.2, 0.25) is 5.91 Å². The summed E-state index contributed by atoms with van der Waals surface area (Å²) in [5, 5.41) is 2.83. The molecule has 0 saturated heterocycles. The molecule has 1 N–H and O–H groups in total. The Kier molecular flexibility index (Phi) is 8.16. The number of hydrogen-bond donors (Lipinski definition) is 1. The zero-order valence-electron chi connectivity index (χ0n) is 15.5. The molecule has 0 saturated carbocycles. The first kappa shape index (κ1) is 20.5. The van der Waals surface area contributed by atoms with Crippen molar-refractivity contribution in [1.82, 2.24) is 5.32 Å². The lowest BCUT2D eigenvalue weighted by atomic mass is 9.97. The van der Waals surface area contributed by atoms with Crippen molar-refractivity contribution < 1.29 is 19.1 Å². The van der Waals surface area contributed by atoms with Crippen molar-refractivity contribution in [2.45, 2.75) is 51.5 Å². The van der Waals surface area contributed by atoms with Crippen LogP contribution in [-0.4, -0.2) is 35.9 Å². The van der Waals surface area contributed by atoms with E-state index in [0.29, 0.717) is 18.6 Å². The molecule has 0 unspecified atom stereocenters. The monoisotopic (exact) mass is 377 g/mol. The average molecular weight is 378 g/mol. The normalized spacial score (nSPS) is 21.5. The highest BCUT2D eigenvalue weighted by Gasteiger charge is 2.27. The Balaban J connectivity index is 2.22. The molecule has 0 radical (unpaired) electrons.